The zero-order chi connectivity index (χ0) is 24.8. The standard InChI is InChI=1S/C28H24O7/c1-31-21-8-4-6-18(14-21)17-34-22-12-10-20-15-23(28(30)35-26(20)16-22)24(29)13-11-19-7-5-9-25(32-2)27(19)33-3/h4-16H,17H2,1-3H3/b13-11+. The molecule has 0 saturated carbocycles. The molecule has 4 aromatic rings. The summed E-state index contributed by atoms with van der Waals surface area (Å²) in [6.45, 7) is 0.321. The predicted molar refractivity (Wildman–Crippen MR) is 133 cm³/mol. The first-order chi connectivity index (χ1) is 17.0. The lowest BCUT2D eigenvalue weighted by Crippen LogP contribution is -2.12. The lowest BCUT2D eigenvalue weighted by atomic mass is 10.1. The molecule has 0 spiro atoms. The third kappa shape index (κ3) is 5.35. The van der Waals surface area contributed by atoms with Crippen molar-refractivity contribution >= 4 is 22.8 Å². The maximum Gasteiger partial charge on any atom is 0.347 e. The van der Waals surface area contributed by atoms with Crippen molar-refractivity contribution in [3.63, 3.8) is 0 Å². The molecule has 7 nitrogen and oxygen atoms in total. The molecule has 0 saturated heterocycles. The predicted octanol–water partition coefficient (Wildman–Crippen LogP) is 5.29. The summed E-state index contributed by atoms with van der Waals surface area (Å²) in [6.07, 6.45) is 2.88. The van der Waals surface area contributed by atoms with Crippen LogP contribution in [0.4, 0.5) is 0 Å². The Morgan fingerprint density at radius 3 is 2.49 bits per heavy atom. The first kappa shape index (κ1) is 23.6. The average Bonchev–Trinajstić information content (AvgIpc) is 2.89. The fraction of sp³-hybridized carbons (Fsp3) is 0.143. The molecule has 1 aromatic heterocycles. The SMILES string of the molecule is COc1cccc(COc2ccc3cc(C(=O)/C=C/c4cccc(OC)c4OC)c(=O)oc3c2)c1. The van der Waals surface area contributed by atoms with Crippen molar-refractivity contribution < 1.29 is 28.2 Å². The van der Waals surface area contributed by atoms with Gasteiger partial charge in [0.15, 0.2) is 17.3 Å². The number of rotatable bonds is 9. The van der Waals surface area contributed by atoms with Crippen LogP contribution in [-0.4, -0.2) is 27.1 Å². The Bertz CT molecular complexity index is 1450. The van der Waals surface area contributed by atoms with Crippen LogP contribution in [-0.2, 0) is 6.61 Å². The van der Waals surface area contributed by atoms with Gasteiger partial charge in [0.25, 0.3) is 0 Å². The Morgan fingerprint density at radius 2 is 1.71 bits per heavy atom. The summed E-state index contributed by atoms with van der Waals surface area (Å²) >= 11 is 0. The summed E-state index contributed by atoms with van der Waals surface area (Å²) in [6, 6.07) is 19.5. The quantitative estimate of drug-likeness (QED) is 0.186. The molecule has 1 heterocycles. The molecule has 3 aromatic carbocycles. The van der Waals surface area contributed by atoms with Crippen LogP contribution in [0, 0.1) is 0 Å². The number of methoxy groups -OCH3 is 3. The minimum absolute atomic E-state index is 0.0688. The fourth-order valence-corrected chi connectivity index (χ4v) is 3.58. The molecule has 178 valence electrons. The highest BCUT2D eigenvalue weighted by atomic mass is 16.5. The highest BCUT2D eigenvalue weighted by Gasteiger charge is 2.13. The molecule has 0 aliphatic heterocycles. The second-order valence-electron chi connectivity index (χ2n) is 7.57. The first-order valence-corrected chi connectivity index (χ1v) is 10.8. The highest BCUT2D eigenvalue weighted by molar-refractivity contribution is 6.08. The Labute approximate surface area is 202 Å². The first-order valence-electron chi connectivity index (χ1n) is 10.8. The largest absolute Gasteiger partial charge is 0.497 e. The van der Waals surface area contributed by atoms with Gasteiger partial charge in [0.2, 0.25) is 0 Å². The molecule has 0 unspecified atom stereocenters. The third-order valence-electron chi connectivity index (χ3n) is 5.36. The molecule has 7 heteroatoms. The average molecular weight is 472 g/mol. The highest BCUT2D eigenvalue weighted by Crippen LogP contribution is 2.31. The summed E-state index contributed by atoms with van der Waals surface area (Å²) in [7, 11) is 4.66. The van der Waals surface area contributed by atoms with Crippen molar-refractivity contribution in [2.45, 2.75) is 6.61 Å². The van der Waals surface area contributed by atoms with Gasteiger partial charge in [-0.1, -0.05) is 24.3 Å². The molecular weight excluding hydrogens is 448 g/mol. The Balaban J connectivity index is 1.54. The number of carbonyl (C=O) groups is 1. The van der Waals surface area contributed by atoms with Crippen molar-refractivity contribution in [3.8, 4) is 23.0 Å². The van der Waals surface area contributed by atoms with Crippen molar-refractivity contribution in [1.29, 1.82) is 0 Å². The van der Waals surface area contributed by atoms with E-state index in [2.05, 4.69) is 0 Å². The lowest BCUT2D eigenvalue weighted by molar-refractivity contribution is 0.104. The Morgan fingerprint density at radius 1 is 0.886 bits per heavy atom. The van der Waals surface area contributed by atoms with E-state index >= 15 is 0 Å². The van der Waals surface area contributed by atoms with Gasteiger partial charge in [-0.3, -0.25) is 4.79 Å². The van der Waals surface area contributed by atoms with Crippen LogP contribution in [0.15, 0.2) is 82.0 Å². The van der Waals surface area contributed by atoms with Crippen LogP contribution in [0.5, 0.6) is 23.0 Å². The van der Waals surface area contributed by atoms with E-state index in [1.54, 1.807) is 49.6 Å². The van der Waals surface area contributed by atoms with E-state index in [0.29, 0.717) is 40.4 Å². The normalized spacial score (nSPS) is 10.9. The summed E-state index contributed by atoms with van der Waals surface area (Å²) in [5, 5.41) is 0.606. The maximum atomic E-state index is 12.8. The van der Waals surface area contributed by atoms with Gasteiger partial charge in [0.1, 0.15) is 29.3 Å². The molecule has 0 bridgehead atoms. The van der Waals surface area contributed by atoms with E-state index in [-0.39, 0.29) is 5.56 Å². The Kier molecular flexibility index (Phi) is 7.16. The van der Waals surface area contributed by atoms with Crippen molar-refractivity contribution in [1.82, 2.24) is 0 Å². The van der Waals surface area contributed by atoms with Gasteiger partial charge >= 0.3 is 5.63 Å². The van der Waals surface area contributed by atoms with Crippen LogP contribution in [0.2, 0.25) is 0 Å². The zero-order valence-corrected chi connectivity index (χ0v) is 19.6. The van der Waals surface area contributed by atoms with Gasteiger partial charge in [-0.25, -0.2) is 4.79 Å². The second kappa shape index (κ2) is 10.6. The third-order valence-corrected chi connectivity index (χ3v) is 5.36. The van der Waals surface area contributed by atoms with E-state index in [9.17, 15) is 9.59 Å². The van der Waals surface area contributed by atoms with Crippen LogP contribution in [0.3, 0.4) is 0 Å². The van der Waals surface area contributed by atoms with Gasteiger partial charge in [-0.05, 0) is 54.1 Å². The van der Waals surface area contributed by atoms with Crippen molar-refractivity contribution in [2.24, 2.45) is 0 Å². The van der Waals surface area contributed by atoms with Crippen LogP contribution in [0.1, 0.15) is 21.5 Å². The smallest absolute Gasteiger partial charge is 0.347 e. The topological polar surface area (TPSA) is 84.2 Å². The molecule has 0 radical (unpaired) electrons. The van der Waals surface area contributed by atoms with Gasteiger partial charge in [-0.15, -0.1) is 0 Å². The van der Waals surface area contributed by atoms with Crippen LogP contribution < -0.4 is 24.6 Å². The molecule has 0 amide bonds. The summed E-state index contributed by atoms with van der Waals surface area (Å²) in [5.41, 5.74) is 1.11. The summed E-state index contributed by atoms with van der Waals surface area (Å²) in [5.74, 6) is 1.82. The zero-order valence-electron chi connectivity index (χ0n) is 19.6. The van der Waals surface area contributed by atoms with E-state index in [4.69, 9.17) is 23.4 Å². The molecule has 0 aliphatic carbocycles. The minimum Gasteiger partial charge on any atom is -0.497 e. The number of hydrogen-bond donors (Lipinski definition) is 0. The molecular formula is C28H24O7. The minimum atomic E-state index is -0.727. The Hall–Kier alpha value is -4.52. The molecule has 0 N–H and O–H groups in total. The summed E-state index contributed by atoms with van der Waals surface area (Å²) < 4.78 is 27.1. The van der Waals surface area contributed by atoms with Crippen LogP contribution >= 0.6 is 0 Å². The number of carbonyl (C=O) groups excluding carboxylic acids is 1. The number of para-hydroxylation sites is 1. The van der Waals surface area contributed by atoms with Crippen LogP contribution in [0.25, 0.3) is 17.0 Å². The second-order valence-corrected chi connectivity index (χ2v) is 7.57. The van der Waals surface area contributed by atoms with Gasteiger partial charge in [-0.2, -0.15) is 0 Å². The summed E-state index contributed by atoms with van der Waals surface area (Å²) in [4.78, 5) is 25.3. The fourth-order valence-electron chi connectivity index (χ4n) is 3.58. The number of ether oxygens (including phenoxy) is 4. The molecule has 0 atom stereocenters. The number of allylic oxidation sites excluding steroid dienone is 1. The van der Waals surface area contributed by atoms with Crippen molar-refractivity contribution in [2.75, 3.05) is 21.3 Å². The molecule has 0 fully saturated rings. The van der Waals surface area contributed by atoms with Gasteiger partial charge in [0.05, 0.1) is 21.3 Å². The van der Waals surface area contributed by atoms with Gasteiger partial charge in [0, 0.05) is 17.0 Å². The van der Waals surface area contributed by atoms with E-state index in [0.717, 1.165) is 11.3 Å². The van der Waals surface area contributed by atoms with Gasteiger partial charge < -0.3 is 23.4 Å². The van der Waals surface area contributed by atoms with E-state index in [1.165, 1.54) is 26.4 Å². The number of hydrogen-bond acceptors (Lipinski definition) is 7. The number of ketones is 1. The maximum absolute atomic E-state index is 12.8. The van der Waals surface area contributed by atoms with Crippen molar-refractivity contribution in [3.05, 3.63) is 99.9 Å². The monoisotopic (exact) mass is 472 g/mol. The number of benzene rings is 3. The number of fused-ring (bicyclic) bond motifs is 1. The lowest BCUT2D eigenvalue weighted by Gasteiger charge is -2.09. The molecule has 4 rings (SSSR count). The van der Waals surface area contributed by atoms with E-state index in [1.807, 2.05) is 24.3 Å². The van der Waals surface area contributed by atoms with E-state index < -0.39 is 11.4 Å². The molecule has 35 heavy (non-hydrogen) atoms. The molecule has 0 aliphatic rings.